The second-order valence-corrected chi connectivity index (χ2v) is 10.7. The zero-order valence-electron chi connectivity index (χ0n) is 25.0. The summed E-state index contributed by atoms with van der Waals surface area (Å²) in [7, 11) is 6.29. The molecule has 2 atom stereocenters. The molecule has 0 N–H and O–H groups in total. The molecule has 42 heavy (non-hydrogen) atoms. The Morgan fingerprint density at radius 2 is 1.43 bits per heavy atom. The average Bonchev–Trinajstić information content (AvgIpc) is 3.49. The van der Waals surface area contributed by atoms with E-state index in [0.29, 0.717) is 54.7 Å². The summed E-state index contributed by atoms with van der Waals surface area (Å²) >= 11 is 0. The first-order valence-electron chi connectivity index (χ1n) is 14.2. The molecule has 0 aromatic heterocycles. The summed E-state index contributed by atoms with van der Waals surface area (Å²) in [6.45, 7) is 5.56. The number of benzene rings is 3. The summed E-state index contributed by atoms with van der Waals surface area (Å²) in [5.41, 5.74) is 3.82. The number of anilines is 1. The third kappa shape index (κ3) is 5.68. The van der Waals surface area contributed by atoms with E-state index in [1.54, 1.807) is 51.5 Å². The molecule has 0 bridgehead atoms. The number of hydrogen-bond acceptors (Lipinski definition) is 7. The predicted molar refractivity (Wildman–Crippen MR) is 161 cm³/mol. The lowest BCUT2D eigenvalue weighted by molar-refractivity contribution is -0.135. The predicted octanol–water partition coefficient (Wildman–Crippen LogP) is 4.23. The molecule has 0 radical (unpaired) electrons. The summed E-state index contributed by atoms with van der Waals surface area (Å²) in [6, 6.07) is 19.2. The van der Waals surface area contributed by atoms with Crippen LogP contribution in [0.1, 0.15) is 27.4 Å². The number of likely N-dealkylation sites (tertiary alicyclic amines) is 1. The van der Waals surface area contributed by atoms with Gasteiger partial charge in [-0.2, -0.15) is 0 Å². The van der Waals surface area contributed by atoms with Gasteiger partial charge in [-0.15, -0.1) is 0 Å². The van der Waals surface area contributed by atoms with Gasteiger partial charge in [0.15, 0.2) is 11.5 Å². The van der Waals surface area contributed by atoms with Crippen molar-refractivity contribution in [3.8, 4) is 23.0 Å². The van der Waals surface area contributed by atoms with Crippen LogP contribution in [-0.4, -0.2) is 89.3 Å². The highest BCUT2D eigenvalue weighted by atomic mass is 16.5. The Balaban J connectivity index is 1.43. The van der Waals surface area contributed by atoms with Gasteiger partial charge in [0.1, 0.15) is 5.75 Å². The van der Waals surface area contributed by atoms with Gasteiger partial charge in [-0.3, -0.25) is 9.59 Å². The molecule has 3 aromatic carbocycles. The number of amides is 2. The summed E-state index contributed by atoms with van der Waals surface area (Å²) in [5.74, 6) is 1.37. The topological polar surface area (TPSA) is 80.8 Å². The van der Waals surface area contributed by atoms with Crippen molar-refractivity contribution < 1.29 is 28.5 Å². The fraction of sp³-hybridized carbons (Fsp3) is 0.394. The van der Waals surface area contributed by atoms with Crippen molar-refractivity contribution in [2.45, 2.75) is 12.8 Å². The van der Waals surface area contributed by atoms with Gasteiger partial charge < -0.3 is 33.6 Å². The quantitative estimate of drug-likeness (QED) is 0.399. The second kappa shape index (κ2) is 12.6. The van der Waals surface area contributed by atoms with Crippen molar-refractivity contribution in [1.29, 1.82) is 0 Å². The van der Waals surface area contributed by atoms with Gasteiger partial charge in [0, 0.05) is 56.4 Å². The minimum atomic E-state index is -0.424. The molecule has 222 valence electrons. The number of methoxy groups -OCH3 is 4. The van der Waals surface area contributed by atoms with Crippen LogP contribution in [0.4, 0.5) is 5.69 Å². The number of carbonyl (C=O) groups is 2. The number of hydrogen-bond donors (Lipinski definition) is 0. The van der Waals surface area contributed by atoms with Crippen LogP contribution in [0.5, 0.6) is 23.0 Å². The summed E-state index contributed by atoms with van der Waals surface area (Å²) in [4.78, 5) is 33.9. The zero-order chi connectivity index (χ0) is 29.8. The van der Waals surface area contributed by atoms with Crippen molar-refractivity contribution in [3.05, 3.63) is 77.4 Å². The molecule has 2 fully saturated rings. The highest BCUT2D eigenvalue weighted by Gasteiger charge is 2.43. The van der Waals surface area contributed by atoms with Gasteiger partial charge in [0.25, 0.3) is 5.91 Å². The second-order valence-electron chi connectivity index (χ2n) is 10.7. The largest absolute Gasteiger partial charge is 0.497 e. The average molecular weight is 574 g/mol. The lowest BCUT2D eigenvalue weighted by Crippen LogP contribution is -2.51. The smallest absolute Gasteiger partial charge is 0.254 e. The molecule has 5 rings (SSSR count). The standard InChI is InChI=1S/C33H39N3O6/c1-22-9-6-7-12-28(22)34-13-15-35(16-14-34)33(38)27-21-36(32(37)23-10-8-11-25(17-23)39-2)20-26(27)24-18-29(40-3)31(42-5)30(19-24)41-4/h6-12,17-19,26-27H,13-16,20-21H2,1-5H3/t26-,27+/m1/s1. The van der Waals surface area contributed by atoms with Crippen LogP contribution in [0, 0.1) is 12.8 Å². The molecule has 3 aromatic rings. The molecule has 0 unspecified atom stereocenters. The Bertz CT molecular complexity index is 1410. The van der Waals surface area contributed by atoms with E-state index in [1.165, 1.54) is 11.3 Å². The lowest BCUT2D eigenvalue weighted by atomic mass is 9.87. The van der Waals surface area contributed by atoms with E-state index >= 15 is 0 Å². The number of para-hydroxylation sites is 1. The van der Waals surface area contributed by atoms with Crippen molar-refractivity contribution in [2.24, 2.45) is 5.92 Å². The lowest BCUT2D eigenvalue weighted by Gasteiger charge is -2.38. The van der Waals surface area contributed by atoms with E-state index in [2.05, 4.69) is 24.0 Å². The number of piperazine rings is 1. The van der Waals surface area contributed by atoms with Crippen LogP contribution in [0.15, 0.2) is 60.7 Å². The fourth-order valence-corrected chi connectivity index (χ4v) is 6.13. The fourth-order valence-electron chi connectivity index (χ4n) is 6.13. The van der Waals surface area contributed by atoms with Gasteiger partial charge in [0.2, 0.25) is 11.7 Å². The van der Waals surface area contributed by atoms with E-state index in [0.717, 1.165) is 18.7 Å². The van der Waals surface area contributed by atoms with Crippen LogP contribution < -0.4 is 23.8 Å². The van der Waals surface area contributed by atoms with Gasteiger partial charge >= 0.3 is 0 Å². The number of ether oxygens (including phenoxy) is 4. The van der Waals surface area contributed by atoms with Crippen molar-refractivity contribution in [1.82, 2.24) is 9.80 Å². The molecule has 9 heteroatoms. The summed E-state index contributed by atoms with van der Waals surface area (Å²) in [5, 5.41) is 0. The van der Waals surface area contributed by atoms with E-state index in [4.69, 9.17) is 18.9 Å². The van der Waals surface area contributed by atoms with E-state index in [1.807, 2.05) is 35.2 Å². The Labute approximate surface area is 247 Å². The third-order valence-corrected chi connectivity index (χ3v) is 8.40. The maximum absolute atomic E-state index is 14.2. The molecular weight excluding hydrogens is 534 g/mol. The highest BCUT2D eigenvalue weighted by molar-refractivity contribution is 5.95. The van der Waals surface area contributed by atoms with Crippen LogP contribution in [0.25, 0.3) is 0 Å². The Hall–Kier alpha value is -4.40. The van der Waals surface area contributed by atoms with Crippen molar-refractivity contribution in [3.63, 3.8) is 0 Å². The zero-order valence-corrected chi connectivity index (χ0v) is 25.0. The molecular formula is C33H39N3O6. The molecule has 2 aliphatic rings. The SMILES string of the molecule is COc1cccc(C(=O)N2C[C@H](C(=O)N3CCN(c4ccccc4C)CC3)[C@@H](c3cc(OC)c(OC)c(OC)c3)C2)c1. The van der Waals surface area contributed by atoms with Gasteiger partial charge in [-0.1, -0.05) is 24.3 Å². The van der Waals surface area contributed by atoms with Gasteiger partial charge in [-0.05, 0) is 54.4 Å². The Morgan fingerprint density at radius 1 is 0.738 bits per heavy atom. The normalized spacial score (nSPS) is 18.5. The van der Waals surface area contributed by atoms with Gasteiger partial charge in [-0.25, -0.2) is 0 Å². The Morgan fingerprint density at radius 3 is 2.05 bits per heavy atom. The first-order chi connectivity index (χ1) is 20.4. The van der Waals surface area contributed by atoms with Crippen LogP contribution >= 0.6 is 0 Å². The minimum absolute atomic E-state index is 0.0547. The number of rotatable bonds is 8. The van der Waals surface area contributed by atoms with E-state index in [-0.39, 0.29) is 17.7 Å². The number of carbonyl (C=O) groups excluding carboxylic acids is 2. The summed E-state index contributed by atoms with van der Waals surface area (Å²) in [6.07, 6.45) is 0. The first kappa shape index (κ1) is 29.1. The minimum Gasteiger partial charge on any atom is -0.497 e. The summed E-state index contributed by atoms with van der Waals surface area (Å²) < 4.78 is 22.1. The van der Waals surface area contributed by atoms with Crippen molar-refractivity contribution in [2.75, 3.05) is 72.6 Å². The maximum atomic E-state index is 14.2. The van der Waals surface area contributed by atoms with Crippen LogP contribution in [0.2, 0.25) is 0 Å². The molecule has 9 nitrogen and oxygen atoms in total. The first-order valence-corrected chi connectivity index (χ1v) is 14.2. The Kier molecular flexibility index (Phi) is 8.75. The molecule has 0 aliphatic carbocycles. The van der Waals surface area contributed by atoms with E-state index < -0.39 is 5.92 Å². The maximum Gasteiger partial charge on any atom is 0.254 e. The monoisotopic (exact) mass is 573 g/mol. The third-order valence-electron chi connectivity index (χ3n) is 8.40. The molecule has 0 saturated carbocycles. The van der Waals surface area contributed by atoms with Crippen LogP contribution in [0.3, 0.4) is 0 Å². The van der Waals surface area contributed by atoms with Crippen LogP contribution in [-0.2, 0) is 4.79 Å². The number of aryl methyl sites for hydroxylation is 1. The molecule has 2 heterocycles. The molecule has 0 spiro atoms. The van der Waals surface area contributed by atoms with Crippen molar-refractivity contribution >= 4 is 17.5 Å². The molecule has 2 aliphatic heterocycles. The van der Waals surface area contributed by atoms with E-state index in [9.17, 15) is 9.59 Å². The van der Waals surface area contributed by atoms with Gasteiger partial charge in [0.05, 0.1) is 34.4 Å². The highest BCUT2D eigenvalue weighted by Crippen LogP contribution is 2.44. The molecule has 2 saturated heterocycles. The molecule has 2 amide bonds. The number of nitrogens with zero attached hydrogens (tertiary/aromatic N) is 3.